The Balaban J connectivity index is 1.40. The Hall–Kier alpha value is -4.17. The summed E-state index contributed by atoms with van der Waals surface area (Å²) in [7, 11) is 0. The predicted octanol–water partition coefficient (Wildman–Crippen LogP) is 5.50. The van der Waals surface area contributed by atoms with Crippen molar-refractivity contribution in [2.24, 2.45) is 5.41 Å². The van der Waals surface area contributed by atoms with Gasteiger partial charge in [0, 0.05) is 5.92 Å². The van der Waals surface area contributed by atoms with E-state index in [1.807, 2.05) is 87.5 Å². The lowest BCUT2D eigenvalue weighted by Crippen LogP contribution is -2.56. The van der Waals surface area contributed by atoms with E-state index in [1.165, 1.54) is 0 Å². The van der Waals surface area contributed by atoms with Gasteiger partial charge in [-0.05, 0) is 46.6 Å². The Kier molecular flexibility index (Phi) is 9.45. The number of nitrogens with one attached hydrogen (secondary N) is 2. The molecule has 0 saturated heterocycles. The van der Waals surface area contributed by atoms with Crippen LogP contribution in [0, 0.1) is 5.41 Å². The quantitative estimate of drug-likeness (QED) is 0.286. The first-order chi connectivity index (χ1) is 19.5. The predicted molar refractivity (Wildman–Crippen MR) is 156 cm³/mol. The Morgan fingerprint density at radius 2 is 1.41 bits per heavy atom. The third-order valence-corrected chi connectivity index (χ3v) is 7.16. The maximum Gasteiger partial charge on any atom is 0.407 e. The highest BCUT2D eigenvalue weighted by molar-refractivity contribution is 5.89. The molecule has 1 unspecified atom stereocenters. The van der Waals surface area contributed by atoms with Gasteiger partial charge in [0.1, 0.15) is 12.6 Å². The number of amides is 2. The van der Waals surface area contributed by atoms with Crippen LogP contribution in [0.5, 0.6) is 0 Å². The molecular formula is C33H38N2O6. The van der Waals surface area contributed by atoms with Gasteiger partial charge < -0.3 is 25.2 Å². The van der Waals surface area contributed by atoms with Crippen molar-refractivity contribution < 1.29 is 29.0 Å². The summed E-state index contributed by atoms with van der Waals surface area (Å²) in [6.07, 6.45) is -1.29. The maximum atomic E-state index is 13.3. The van der Waals surface area contributed by atoms with E-state index < -0.39 is 36.2 Å². The zero-order valence-corrected chi connectivity index (χ0v) is 23.9. The lowest BCUT2D eigenvalue weighted by molar-refractivity contribution is -0.147. The number of carboxylic acids is 1. The first kappa shape index (κ1) is 29.8. The minimum atomic E-state index is -1.31. The Morgan fingerprint density at radius 3 is 1.98 bits per heavy atom. The van der Waals surface area contributed by atoms with Crippen molar-refractivity contribution in [3.05, 3.63) is 95.6 Å². The molecule has 0 aromatic heterocycles. The molecule has 0 saturated carbocycles. The van der Waals surface area contributed by atoms with Crippen molar-refractivity contribution in [3.8, 4) is 11.1 Å². The second-order valence-electron chi connectivity index (χ2n) is 11.6. The smallest absolute Gasteiger partial charge is 0.407 e. The van der Waals surface area contributed by atoms with Crippen LogP contribution in [0.25, 0.3) is 11.1 Å². The van der Waals surface area contributed by atoms with Gasteiger partial charge in [-0.2, -0.15) is 0 Å². The number of benzene rings is 3. The first-order valence-electron chi connectivity index (χ1n) is 13.8. The van der Waals surface area contributed by atoms with Crippen LogP contribution in [0.4, 0.5) is 4.79 Å². The number of rotatable bonds is 11. The Bertz CT molecular complexity index is 1320. The molecule has 2 amide bonds. The van der Waals surface area contributed by atoms with Crippen LogP contribution in [-0.2, 0) is 25.7 Å². The van der Waals surface area contributed by atoms with Crippen LogP contribution in [0.1, 0.15) is 56.7 Å². The monoisotopic (exact) mass is 558 g/mol. The highest BCUT2D eigenvalue weighted by Crippen LogP contribution is 2.44. The Morgan fingerprint density at radius 1 is 0.854 bits per heavy atom. The van der Waals surface area contributed by atoms with Crippen LogP contribution in [0.15, 0.2) is 78.9 Å². The van der Waals surface area contributed by atoms with Gasteiger partial charge in [-0.15, -0.1) is 0 Å². The summed E-state index contributed by atoms with van der Waals surface area (Å²) < 4.78 is 11.4. The van der Waals surface area contributed by atoms with Gasteiger partial charge in [-0.1, -0.05) is 99.6 Å². The highest BCUT2D eigenvalue weighted by atomic mass is 16.5. The third kappa shape index (κ3) is 7.73. The number of hydrogen-bond acceptors (Lipinski definition) is 5. The lowest BCUT2D eigenvalue weighted by atomic mass is 9.87. The highest BCUT2D eigenvalue weighted by Gasteiger charge is 2.34. The lowest BCUT2D eigenvalue weighted by Gasteiger charge is -2.28. The molecule has 0 spiro atoms. The van der Waals surface area contributed by atoms with Crippen LogP contribution in [-0.4, -0.2) is 47.9 Å². The van der Waals surface area contributed by atoms with E-state index in [-0.39, 0.29) is 31.0 Å². The largest absolute Gasteiger partial charge is 0.480 e. The van der Waals surface area contributed by atoms with Gasteiger partial charge >= 0.3 is 12.1 Å². The van der Waals surface area contributed by atoms with E-state index in [4.69, 9.17) is 9.47 Å². The zero-order valence-electron chi connectivity index (χ0n) is 23.9. The molecule has 0 fully saturated rings. The minimum Gasteiger partial charge on any atom is -0.480 e. The van der Waals surface area contributed by atoms with E-state index in [1.54, 1.807) is 6.92 Å². The molecule has 4 rings (SSSR count). The SMILES string of the molecule is C[C@H](OCc1ccccc1)[C@@H](NC(=O)C(CC(C)(C)C)NC(=O)OCC1c2ccccc2-c2ccccc21)C(=O)O. The molecule has 1 aliphatic rings. The molecule has 0 radical (unpaired) electrons. The first-order valence-corrected chi connectivity index (χ1v) is 13.8. The van der Waals surface area contributed by atoms with Crippen molar-refractivity contribution in [2.75, 3.05) is 6.61 Å². The fourth-order valence-electron chi connectivity index (χ4n) is 5.14. The minimum absolute atomic E-state index is 0.103. The summed E-state index contributed by atoms with van der Waals surface area (Å²) in [5.41, 5.74) is 4.94. The summed E-state index contributed by atoms with van der Waals surface area (Å²) in [6.45, 7) is 7.71. The van der Waals surface area contributed by atoms with Crippen molar-refractivity contribution >= 4 is 18.0 Å². The number of carbonyl (C=O) groups is 3. The maximum absolute atomic E-state index is 13.3. The number of alkyl carbamates (subject to hydrolysis) is 1. The average Bonchev–Trinajstić information content (AvgIpc) is 3.26. The molecule has 3 atom stereocenters. The number of hydrogen-bond donors (Lipinski definition) is 3. The van der Waals surface area contributed by atoms with Crippen LogP contribution >= 0.6 is 0 Å². The van der Waals surface area contributed by atoms with E-state index in [9.17, 15) is 19.5 Å². The average molecular weight is 559 g/mol. The summed E-state index contributed by atoms with van der Waals surface area (Å²) in [4.78, 5) is 38.4. The van der Waals surface area contributed by atoms with Crippen LogP contribution in [0.2, 0.25) is 0 Å². The molecule has 3 aromatic rings. The second-order valence-corrected chi connectivity index (χ2v) is 11.6. The molecule has 8 heteroatoms. The number of fused-ring (bicyclic) bond motifs is 3. The molecule has 0 aliphatic heterocycles. The number of carboxylic acid groups (broad SMARTS) is 1. The van der Waals surface area contributed by atoms with E-state index in [2.05, 4.69) is 22.8 Å². The van der Waals surface area contributed by atoms with Crippen LogP contribution in [0.3, 0.4) is 0 Å². The van der Waals surface area contributed by atoms with Gasteiger partial charge in [-0.25, -0.2) is 9.59 Å². The molecule has 3 N–H and O–H groups in total. The molecule has 41 heavy (non-hydrogen) atoms. The van der Waals surface area contributed by atoms with Gasteiger partial charge in [-0.3, -0.25) is 4.79 Å². The topological polar surface area (TPSA) is 114 Å². The summed E-state index contributed by atoms with van der Waals surface area (Å²) >= 11 is 0. The van der Waals surface area contributed by atoms with Gasteiger partial charge in [0.15, 0.2) is 6.04 Å². The standard InChI is InChI=1S/C33H38N2O6/c1-21(40-19-22-12-6-5-7-13-22)29(31(37)38)35-30(36)28(18-33(2,3)4)34-32(39)41-20-27-25-16-10-8-14-23(25)24-15-9-11-17-26(24)27/h5-17,21,27-29H,18-20H2,1-4H3,(H,34,39)(H,35,36)(H,37,38)/t21-,28?,29+/m0/s1. The summed E-state index contributed by atoms with van der Waals surface area (Å²) in [5.74, 6) is -1.97. The van der Waals surface area contributed by atoms with E-state index in [0.717, 1.165) is 27.8 Å². The van der Waals surface area contributed by atoms with Gasteiger partial charge in [0.2, 0.25) is 5.91 Å². The molecule has 3 aromatic carbocycles. The summed E-state index contributed by atoms with van der Waals surface area (Å²) in [5, 5.41) is 15.1. The van der Waals surface area contributed by atoms with Gasteiger partial charge in [0.05, 0.1) is 12.7 Å². The molecule has 1 aliphatic carbocycles. The van der Waals surface area contributed by atoms with E-state index >= 15 is 0 Å². The Labute approximate surface area is 241 Å². The third-order valence-electron chi connectivity index (χ3n) is 7.16. The number of aliphatic carboxylic acids is 1. The van der Waals surface area contributed by atoms with Crippen molar-refractivity contribution in [1.29, 1.82) is 0 Å². The van der Waals surface area contributed by atoms with Crippen molar-refractivity contribution in [3.63, 3.8) is 0 Å². The molecule has 216 valence electrons. The fraction of sp³-hybridized carbons (Fsp3) is 0.364. The van der Waals surface area contributed by atoms with E-state index in [0.29, 0.717) is 0 Å². The normalized spacial score (nSPS) is 14.7. The number of carbonyl (C=O) groups excluding carboxylic acids is 2. The number of ether oxygens (including phenoxy) is 2. The van der Waals surface area contributed by atoms with Crippen LogP contribution < -0.4 is 10.6 Å². The molecule has 0 heterocycles. The van der Waals surface area contributed by atoms with Gasteiger partial charge in [0.25, 0.3) is 0 Å². The molecular weight excluding hydrogens is 520 g/mol. The second kappa shape index (κ2) is 13.0. The van der Waals surface area contributed by atoms with Crippen molar-refractivity contribution in [2.45, 2.75) is 64.8 Å². The van der Waals surface area contributed by atoms with Crippen molar-refractivity contribution in [1.82, 2.24) is 10.6 Å². The molecule has 0 bridgehead atoms. The molecule has 8 nitrogen and oxygen atoms in total. The summed E-state index contributed by atoms with van der Waals surface area (Å²) in [6, 6.07) is 23.1. The fourth-order valence-corrected chi connectivity index (χ4v) is 5.14. The zero-order chi connectivity index (χ0) is 29.6.